The molecule has 1 amide bonds. The Bertz CT molecular complexity index is 928. The Kier molecular flexibility index (Phi) is 4.01. The molecule has 1 atom stereocenters. The van der Waals surface area contributed by atoms with Gasteiger partial charge in [0.2, 0.25) is 0 Å². The number of fused-ring (bicyclic) bond motifs is 1. The summed E-state index contributed by atoms with van der Waals surface area (Å²) in [6, 6.07) is 7.90. The quantitative estimate of drug-likeness (QED) is 0.689. The van der Waals surface area contributed by atoms with E-state index in [2.05, 4.69) is 34.3 Å². The number of aromatic nitrogens is 4. The first-order chi connectivity index (χ1) is 12.3. The van der Waals surface area contributed by atoms with Crippen molar-refractivity contribution in [2.24, 2.45) is 0 Å². The van der Waals surface area contributed by atoms with Gasteiger partial charge in [0.25, 0.3) is 11.7 Å². The number of hydrogen-bond acceptors (Lipinski definition) is 4. The summed E-state index contributed by atoms with van der Waals surface area (Å²) in [5, 5.41) is 7.74. The first-order valence-electron chi connectivity index (χ1n) is 8.49. The molecule has 0 spiro atoms. The summed E-state index contributed by atoms with van der Waals surface area (Å²) in [4.78, 5) is 19.0. The lowest BCUT2D eigenvalue weighted by molar-refractivity contribution is 0.0744. The highest BCUT2D eigenvalue weighted by molar-refractivity contribution is 5.95. The summed E-state index contributed by atoms with van der Waals surface area (Å²) in [5.74, 6) is 0.654. The highest BCUT2D eigenvalue weighted by Crippen LogP contribution is 2.22. The van der Waals surface area contributed by atoms with E-state index in [4.69, 9.17) is 0 Å². The molecule has 25 heavy (non-hydrogen) atoms. The van der Waals surface area contributed by atoms with E-state index >= 15 is 0 Å². The zero-order valence-corrected chi connectivity index (χ0v) is 14.0. The molecular weight excluding hydrogens is 314 g/mol. The molecule has 0 saturated heterocycles. The molecule has 1 aromatic carbocycles. The second-order valence-electron chi connectivity index (χ2n) is 6.20. The molecule has 0 bridgehead atoms. The van der Waals surface area contributed by atoms with Crippen LogP contribution < -0.4 is 0 Å². The first-order valence-corrected chi connectivity index (χ1v) is 8.49. The van der Waals surface area contributed by atoms with E-state index in [0.29, 0.717) is 17.9 Å². The number of rotatable bonds is 4. The minimum absolute atomic E-state index is 0.0855. The third-order valence-corrected chi connectivity index (χ3v) is 4.52. The highest BCUT2D eigenvalue weighted by Gasteiger charge is 2.24. The molecule has 6 heteroatoms. The normalized spacial score (nSPS) is 16.7. The van der Waals surface area contributed by atoms with E-state index in [0.717, 1.165) is 24.0 Å². The lowest BCUT2D eigenvalue weighted by Gasteiger charge is -2.24. The van der Waals surface area contributed by atoms with E-state index < -0.39 is 0 Å². The maximum absolute atomic E-state index is 12.8. The molecule has 0 saturated carbocycles. The molecule has 0 aliphatic carbocycles. The second kappa shape index (κ2) is 6.47. The SMILES string of the molecule is CCCC1C=CCN1C(=O)c1ccc(-c2cnc3nncn3c2)cc1. The average molecular weight is 333 g/mol. The van der Waals surface area contributed by atoms with Crippen LogP contribution in [0.15, 0.2) is 55.1 Å². The fraction of sp³-hybridized carbons (Fsp3) is 0.263. The van der Waals surface area contributed by atoms with Crippen LogP contribution in [-0.4, -0.2) is 43.0 Å². The number of carbonyl (C=O) groups excluding carboxylic acids is 1. The molecule has 1 unspecified atom stereocenters. The molecule has 126 valence electrons. The molecule has 0 radical (unpaired) electrons. The lowest BCUT2D eigenvalue weighted by Crippen LogP contribution is -2.35. The summed E-state index contributed by atoms with van der Waals surface area (Å²) in [6.07, 6.45) is 11.6. The highest BCUT2D eigenvalue weighted by atomic mass is 16.2. The smallest absolute Gasteiger partial charge is 0.254 e. The van der Waals surface area contributed by atoms with Crippen LogP contribution in [0.4, 0.5) is 0 Å². The summed E-state index contributed by atoms with van der Waals surface area (Å²) < 4.78 is 1.78. The van der Waals surface area contributed by atoms with E-state index in [9.17, 15) is 4.79 Å². The fourth-order valence-corrected chi connectivity index (χ4v) is 3.20. The predicted molar refractivity (Wildman–Crippen MR) is 95.1 cm³/mol. The monoisotopic (exact) mass is 333 g/mol. The van der Waals surface area contributed by atoms with E-state index in [1.807, 2.05) is 35.4 Å². The number of carbonyl (C=O) groups is 1. The maximum atomic E-state index is 12.8. The Morgan fingerprint density at radius 2 is 2.08 bits per heavy atom. The van der Waals surface area contributed by atoms with E-state index in [-0.39, 0.29) is 11.9 Å². The lowest BCUT2D eigenvalue weighted by atomic mass is 10.1. The van der Waals surface area contributed by atoms with Gasteiger partial charge in [0.15, 0.2) is 0 Å². The van der Waals surface area contributed by atoms with Gasteiger partial charge in [0.05, 0.1) is 6.04 Å². The molecule has 2 aromatic heterocycles. The first kappa shape index (κ1) is 15.5. The van der Waals surface area contributed by atoms with Gasteiger partial charge in [0.1, 0.15) is 6.33 Å². The van der Waals surface area contributed by atoms with Crippen LogP contribution >= 0.6 is 0 Å². The maximum Gasteiger partial charge on any atom is 0.254 e. The Hall–Kier alpha value is -3.02. The molecule has 3 heterocycles. The molecular formula is C19H19N5O. The third-order valence-electron chi connectivity index (χ3n) is 4.52. The molecule has 1 aliphatic heterocycles. The number of benzene rings is 1. The standard InChI is InChI=1S/C19H19N5O/c1-2-4-17-5-3-10-24(17)18(25)15-8-6-14(7-9-15)16-11-20-19-22-21-13-23(19)12-16/h3,5-9,11-13,17H,2,4,10H2,1H3. The van der Waals surface area contributed by atoms with Gasteiger partial charge < -0.3 is 4.90 Å². The van der Waals surface area contributed by atoms with Crippen LogP contribution in [0.25, 0.3) is 16.9 Å². The van der Waals surface area contributed by atoms with Gasteiger partial charge in [0, 0.05) is 30.1 Å². The largest absolute Gasteiger partial charge is 0.328 e. The van der Waals surface area contributed by atoms with E-state index in [1.165, 1.54) is 0 Å². The Balaban J connectivity index is 1.56. The van der Waals surface area contributed by atoms with Crippen LogP contribution in [0, 0.1) is 0 Å². The summed E-state index contributed by atoms with van der Waals surface area (Å²) >= 11 is 0. The van der Waals surface area contributed by atoms with Crippen molar-refractivity contribution >= 4 is 11.7 Å². The van der Waals surface area contributed by atoms with Crippen molar-refractivity contribution in [3.8, 4) is 11.1 Å². The van der Waals surface area contributed by atoms with Gasteiger partial charge in [-0.3, -0.25) is 9.20 Å². The minimum atomic E-state index is 0.0855. The van der Waals surface area contributed by atoms with Crippen LogP contribution in [0.5, 0.6) is 0 Å². The van der Waals surface area contributed by atoms with Crippen molar-refractivity contribution in [1.29, 1.82) is 0 Å². The van der Waals surface area contributed by atoms with E-state index in [1.54, 1.807) is 16.9 Å². The Morgan fingerprint density at radius 1 is 1.24 bits per heavy atom. The number of amides is 1. The van der Waals surface area contributed by atoms with Crippen molar-refractivity contribution in [2.75, 3.05) is 6.54 Å². The predicted octanol–water partition coefficient (Wildman–Crippen LogP) is 2.97. The van der Waals surface area contributed by atoms with Crippen LogP contribution in [0.3, 0.4) is 0 Å². The van der Waals surface area contributed by atoms with Crippen molar-refractivity contribution in [2.45, 2.75) is 25.8 Å². The van der Waals surface area contributed by atoms with Gasteiger partial charge in [-0.2, -0.15) is 0 Å². The van der Waals surface area contributed by atoms with Gasteiger partial charge in [-0.25, -0.2) is 4.98 Å². The summed E-state index contributed by atoms with van der Waals surface area (Å²) in [5.41, 5.74) is 2.68. The zero-order chi connectivity index (χ0) is 17.2. The molecule has 3 aromatic rings. The summed E-state index contributed by atoms with van der Waals surface area (Å²) in [6.45, 7) is 2.84. The second-order valence-corrected chi connectivity index (χ2v) is 6.20. The number of nitrogens with zero attached hydrogens (tertiary/aromatic N) is 5. The van der Waals surface area contributed by atoms with Crippen molar-refractivity contribution in [3.63, 3.8) is 0 Å². The molecule has 1 aliphatic rings. The zero-order valence-electron chi connectivity index (χ0n) is 14.0. The minimum Gasteiger partial charge on any atom is -0.328 e. The fourth-order valence-electron chi connectivity index (χ4n) is 3.20. The van der Waals surface area contributed by atoms with Gasteiger partial charge in [-0.1, -0.05) is 37.6 Å². The van der Waals surface area contributed by atoms with Crippen LogP contribution in [-0.2, 0) is 0 Å². The molecule has 4 rings (SSSR count). The Labute approximate surface area is 145 Å². The van der Waals surface area contributed by atoms with Crippen molar-refractivity contribution in [1.82, 2.24) is 24.5 Å². The molecule has 6 nitrogen and oxygen atoms in total. The van der Waals surface area contributed by atoms with Gasteiger partial charge >= 0.3 is 0 Å². The van der Waals surface area contributed by atoms with Gasteiger partial charge in [-0.05, 0) is 24.1 Å². The van der Waals surface area contributed by atoms with Crippen molar-refractivity contribution < 1.29 is 4.79 Å². The molecule has 0 fully saturated rings. The average Bonchev–Trinajstić information content (AvgIpc) is 3.30. The summed E-state index contributed by atoms with van der Waals surface area (Å²) in [7, 11) is 0. The third kappa shape index (κ3) is 2.91. The van der Waals surface area contributed by atoms with Crippen LogP contribution in [0.2, 0.25) is 0 Å². The molecule has 0 N–H and O–H groups in total. The van der Waals surface area contributed by atoms with Crippen molar-refractivity contribution in [3.05, 3.63) is 60.7 Å². The van der Waals surface area contributed by atoms with Gasteiger partial charge in [-0.15, -0.1) is 10.2 Å². The Morgan fingerprint density at radius 3 is 2.88 bits per heavy atom. The number of hydrogen-bond donors (Lipinski definition) is 0. The topological polar surface area (TPSA) is 63.4 Å². The van der Waals surface area contributed by atoms with Crippen LogP contribution in [0.1, 0.15) is 30.1 Å².